The van der Waals surface area contributed by atoms with Crippen LogP contribution in [0.4, 0.5) is 9.59 Å². The molecule has 0 bridgehead atoms. The van der Waals surface area contributed by atoms with Gasteiger partial charge in [-0.05, 0) is 41.5 Å². The Morgan fingerprint density at radius 3 is 1.48 bits per heavy atom. The first-order chi connectivity index (χ1) is 23.5. The lowest BCUT2D eigenvalue weighted by Crippen LogP contribution is -2.52. The van der Waals surface area contributed by atoms with Crippen LogP contribution in [-0.2, 0) is 50.0 Å². The average Bonchev–Trinajstić information content (AvgIpc) is 3.13. The highest BCUT2D eigenvalue weighted by atomic mass is 16.6. The third-order valence-electron chi connectivity index (χ3n) is 7.33. The van der Waals surface area contributed by atoms with E-state index < -0.39 is 36.1 Å². The van der Waals surface area contributed by atoms with Crippen LogP contribution in [0.1, 0.15) is 41.5 Å². The van der Waals surface area contributed by atoms with Gasteiger partial charge < -0.3 is 30.2 Å². The van der Waals surface area contributed by atoms with E-state index in [1.807, 2.05) is 121 Å². The molecule has 10 heteroatoms. The molecule has 0 radical (unpaired) electrons. The fourth-order valence-electron chi connectivity index (χ4n) is 4.76. The molecule has 0 spiro atoms. The minimum Gasteiger partial charge on any atom is -0.459 e. The van der Waals surface area contributed by atoms with Gasteiger partial charge in [-0.25, -0.2) is 14.4 Å². The minimum absolute atomic E-state index is 0.0263. The molecule has 0 aromatic heterocycles. The highest BCUT2D eigenvalue weighted by molar-refractivity contribution is 5.89. The van der Waals surface area contributed by atoms with Crippen molar-refractivity contribution in [3.8, 4) is 0 Å². The van der Waals surface area contributed by atoms with Gasteiger partial charge in [-0.2, -0.15) is 0 Å². The Hall–Kier alpha value is -5.64. The number of unbranched alkanes of at least 4 members (excludes halogenated alkanes) is 1. The van der Waals surface area contributed by atoms with Crippen LogP contribution in [0.5, 0.6) is 0 Å². The predicted molar refractivity (Wildman–Crippen MR) is 180 cm³/mol. The minimum atomic E-state index is -1.02. The Kier molecular flexibility index (Phi) is 14.5. The van der Waals surface area contributed by atoms with Crippen LogP contribution in [0.15, 0.2) is 121 Å². The number of benzene rings is 4. The van der Waals surface area contributed by atoms with Gasteiger partial charge in [0.05, 0.1) is 0 Å². The fourth-order valence-corrected chi connectivity index (χ4v) is 4.76. The molecule has 0 saturated heterocycles. The molecule has 3 amide bonds. The van der Waals surface area contributed by atoms with Gasteiger partial charge in [0.2, 0.25) is 5.91 Å². The Morgan fingerprint density at radius 2 is 0.958 bits per heavy atom. The summed E-state index contributed by atoms with van der Waals surface area (Å²) in [5.74, 6) is -1.15. The first-order valence-corrected chi connectivity index (χ1v) is 15.9. The lowest BCUT2D eigenvalue weighted by molar-refractivity contribution is -0.149. The maximum absolute atomic E-state index is 13.6. The summed E-state index contributed by atoms with van der Waals surface area (Å²) < 4.78 is 16.2. The molecule has 0 saturated carbocycles. The molecule has 0 unspecified atom stereocenters. The molecule has 0 heterocycles. The van der Waals surface area contributed by atoms with E-state index in [0.717, 1.165) is 22.3 Å². The molecule has 0 aliphatic heterocycles. The number of rotatable bonds is 17. The zero-order chi connectivity index (χ0) is 33.8. The quantitative estimate of drug-likeness (QED) is 0.0742. The van der Waals surface area contributed by atoms with Crippen LogP contribution in [0.25, 0.3) is 0 Å². The maximum Gasteiger partial charge on any atom is 0.408 e. The summed E-state index contributed by atoms with van der Waals surface area (Å²) in [5.41, 5.74) is 3.31. The Balaban J connectivity index is 1.35. The van der Waals surface area contributed by atoms with Crippen molar-refractivity contribution in [1.82, 2.24) is 16.0 Å². The van der Waals surface area contributed by atoms with E-state index >= 15 is 0 Å². The molecule has 3 N–H and O–H groups in total. The topological polar surface area (TPSA) is 132 Å². The van der Waals surface area contributed by atoms with Crippen LogP contribution >= 0.6 is 0 Å². The number of esters is 1. The van der Waals surface area contributed by atoms with Gasteiger partial charge in [0.1, 0.15) is 31.9 Å². The second-order valence-corrected chi connectivity index (χ2v) is 11.1. The fraction of sp³-hybridized carbons (Fsp3) is 0.263. The van der Waals surface area contributed by atoms with Crippen molar-refractivity contribution in [2.75, 3.05) is 6.54 Å². The monoisotopic (exact) mass is 651 g/mol. The molecule has 48 heavy (non-hydrogen) atoms. The Bertz CT molecular complexity index is 1550. The number of nitrogens with one attached hydrogen (secondary N) is 3. The zero-order valence-corrected chi connectivity index (χ0v) is 26.7. The number of carbonyl (C=O) groups excluding carboxylic acids is 4. The van der Waals surface area contributed by atoms with Gasteiger partial charge >= 0.3 is 18.2 Å². The number of ether oxygens (including phenoxy) is 3. The largest absolute Gasteiger partial charge is 0.459 e. The highest BCUT2D eigenvalue weighted by Gasteiger charge is 2.28. The van der Waals surface area contributed by atoms with E-state index in [2.05, 4.69) is 16.0 Å². The normalized spacial score (nSPS) is 11.8. The summed E-state index contributed by atoms with van der Waals surface area (Å²) in [7, 11) is 0. The number of amides is 3. The summed E-state index contributed by atoms with van der Waals surface area (Å²) in [6, 6.07) is 35.0. The Morgan fingerprint density at radius 1 is 0.500 bits per heavy atom. The molecule has 0 aliphatic carbocycles. The molecule has 0 aliphatic rings. The molecular weight excluding hydrogens is 610 g/mol. The van der Waals surface area contributed by atoms with Crippen molar-refractivity contribution in [2.45, 2.75) is 57.6 Å². The third-order valence-corrected chi connectivity index (χ3v) is 7.33. The van der Waals surface area contributed by atoms with E-state index in [1.54, 1.807) is 0 Å². The highest BCUT2D eigenvalue weighted by Crippen LogP contribution is 2.10. The molecule has 4 rings (SSSR count). The average molecular weight is 652 g/mol. The van der Waals surface area contributed by atoms with Crippen molar-refractivity contribution >= 4 is 24.1 Å². The molecule has 250 valence electrons. The van der Waals surface area contributed by atoms with Gasteiger partial charge in [-0.1, -0.05) is 121 Å². The number of alkyl carbamates (subject to hydrolysis) is 2. The lowest BCUT2D eigenvalue weighted by Gasteiger charge is -2.23. The van der Waals surface area contributed by atoms with Crippen LogP contribution in [0.3, 0.4) is 0 Å². The molecular formula is C38H41N3O7. The number of carbonyl (C=O) groups is 4. The van der Waals surface area contributed by atoms with Crippen molar-refractivity contribution in [1.29, 1.82) is 0 Å². The summed E-state index contributed by atoms with van der Waals surface area (Å²) in [4.78, 5) is 51.8. The van der Waals surface area contributed by atoms with Crippen molar-refractivity contribution < 1.29 is 33.4 Å². The summed E-state index contributed by atoms with van der Waals surface area (Å²) in [5, 5.41) is 8.15. The molecule has 2 atom stereocenters. The second kappa shape index (κ2) is 19.8. The summed E-state index contributed by atoms with van der Waals surface area (Å²) in [6.45, 7) is 0.540. The third kappa shape index (κ3) is 13.0. The maximum atomic E-state index is 13.6. The summed E-state index contributed by atoms with van der Waals surface area (Å²) >= 11 is 0. The van der Waals surface area contributed by atoms with Gasteiger partial charge in [0.15, 0.2) is 0 Å². The van der Waals surface area contributed by atoms with Crippen molar-refractivity contribution in [3.63, 3.8) is 0 Å². The van der Waals surface area contributed by atoms with E-state index in [1.165, 1.54) is 0 Å². The first-order valence-electron chi connectivity index (χ1n) is 15.9. The predicted octanol–water partition coefficient (Wildman–Crippen LogP) is 5.85. The first kappa shape index (κ1) is 35.2. The molecule has 10 nitrogen and oxygen atoms in total. The molecule has 4 aromatic carbocycles. The van der Waals surface area contributed by atoms with E-state index in [0.29, 0.717) is 19.4 Å². The number of hydrogen-bond donors (Lipinski definition) is 3. The van der Waals surface area contributed by atoms with Gasteiger partial charge in [0.25, 0.3) is 0 Å². The number of hydrogen-bond acceptors (Lipinski definition) is 7. The second-order valence-electron chi connectivity index (χ2n) is 11.1. The lowest BCUT2D eigenvalue weighted by atomic mass is 10.0. The molecule has 0 fully saturated rings. The smallest absolute Gasteiger partial charge is 0.408 e. The van der Waals surface area contributed by atoms with Crippen LogP contribution in [0, 0.1) is 0 Å². The van der Waals surface area contributed by atoms with E-state index in [9.17, 15) is 19.2 Å². The van der Waals surface area contributed by atoms with E-state index in [-0.39, 0.29) is 32.7 Å². The zero-order valence-electron chi connectivity index (χ0n) is 26.7. The van der Waals surface area contributed by atoms with Crippen molar-refractivity contribution in [2.24, 2.45) is 0 Å². The summed E-state index contributed by atoms with van der Waals surface area (Å²) in [6.07, 6.45) is 0.0845. The Labute approximate surface area is 280 Å². The van der Waals surface area contributed by atoms with Crippen LogP contribution < -0.4 is 16.0 Å². The standard InChI is InChI=1S/C38H41N3O7/c42-35(40-34(25-29-15-5-1-6-16-29)36(43)46-26-30-17-7-2-8-18-30)33(41-38(45)48-28-32-21-11-4-12-22-32)23-13-14-24-39-37(44)47-27-31-19-9-3-10-20-31/h1-12,15-22,33-34H,13-14,23-28H2,(H,39,44)(H,40,42)(H,41,45)/t33-,34+/m1/s1. The van der Waals surface area contributed by atoms with Crippen LogP contribution in [-0.4, -0.2) is 42.7 Å². The SMILES string of the molecule is O=C(NCCCC[C@@H](NC(=O)OCc1ccccc1)C(=O)N[C@@H](Cc1ccccc1)C(=O)OCc1ccccc1)OCc1ccccc1. The van der Waals surface area contributed by atoms with Crippen LogP contribution in [0.2, 0.25) is 0 Å². The van der Waals surface area contributed by atoms with Crippen molar-refractivity contribution in [3.05, 3.63) is 144 Å². The van der Waals surface area contributed by atoms with E-state index in [4.69, 9.17) is 14.2 Å². The van der Waals surface area contributed by atoms with Gasteiger partial charge in [-0.15, -0.1) is 0 Å². The van der Waals surface area contributed by atoms with Gasteiger partial charge in [0, 0.05) is 13.0 Å². The van der Waals surface area contributed by atoms with Gasteiger partial charge in [-0.3, -0.25) is 4.79 Å². The molecule has 4 aromatic rings.